The Morgan fingerprint density at radius 1 is 1.50 bits per heavy atom. The number of aryl methyl sites for hydroxylation is 1. The predicted molar refractivity (Wildman–Crippen MR) is 56.4 cm³/mol. The second kappa shape index (κ2) is 4.29. The van der Waals surface area contributed by atoms with E-state index in [0.29, 0.717) is 5.15 Å². The van der Waals surface area contributed by atoms with Gasteiger partial charge in [-0.05, 0) is 0 Å². The van der Waals surface area contributed by atoms with Crippen LogP contribution >= 0.6 is 11.6 Å². The van der Waals surface area contributed by atoms with Gasteiger partial charge >= 0.3 is 0 Å². The lowest BCUT2D eigenvalue weighted by Gasteiger charge is -2.27. The molecule has 0 amide bonds. The first-order chi connectivity index (χ1) is 6.77. The van der Waals surface area contributed by atoms with E-state index in [1.807, 2.05) is 11.6 Å². The number of hydrogen-bond donors (Lipinski definition) is 1. The molecule has 1 aliphatic heterocycles. The van der Waals surface area contributed by atoms with Crippen LogP contribution in [0.2, 0.25) is 5.15 Å². The van der Waals surface area contributed by atoms with Crippen LogP contribution in [-0.2, 0) is 13.6 Å². The Labute approximate surface area is 88.9 Å². The summed E-state index contributed by atoms with van der Waals surface area (Å²) >= 11 is 5.99. The number of imidazole rings is 1. The van der Waals surface area contributed by atoms with Gasteiger partial charge in [-0.1, -0.05) is 11.6 Å². The van der Waals surface area contributed by atoms with E-state index in [9.17, 15) is 0 Å². The molecule has 0 atom stereocenters. The maximum absolute atomic E-state index is 5.99. The molecule has 0 radical (unpaired) electrons. The van der Waals surface area contributed by atoms with Crippen molar-refractivity contribution in [1.29, 1.82) is 0 Å². The van der Waals surface area contributed by atoms with E-state index >= 15 is 0 Å². The van der Waals surface area contributed by atoms with Gasteiger partial charge in [-0.25, -0.2) is 4.98 Å². The SMILES string of the molecule is Cn1cnc(Cl)c1CN1CCNCC1. The van der Waals surface area contributed by atoms with Crippen LogP contribution in [0.15, 0.2) is 6.33 Å². The molecular formula is C9H15ClN4. The maximum Gasteiger partial charge on any atom is 0.151 e. The number of hydrogen-bond acceptors (Lipinski definition) is 3. The fraction of sp³-hybridized carbons (Fsp3) is 0.667. The van der Waals surface area contributed by atoms with Crippen molar-refractivity contribution < 1.29 is 0 Å². The van der Waals surface area contributed by atoms with Crippen molar-refractivity contribution in [2.45, 2.75) is 6.54 Å². The lowest BCUT2D eigenvalue weighted by atomic mass is 10.3. The summed E-state index contributed by atoms with van der Waals surface area (Å²) < 4.78 is 1.99. The average molecular weight is 215 g/mol. The minimum atomic E-state index is 0.631. The molecule has 1 saturated heterocycles. The molecule has 0 aromatic carbocycles. The Morgan fingerprint density at radius 2 is 2.21 bits per heavy atom. The fourth-order valence-electron chi connectivity index (χ4n) is 1.68. The lowest BCUT2D eigenvalue weighted by molar-refractivity contribution is 0.229. The normalized spacial score (nSPS) is 18.7. The topological polar surface area (TPSA) is 33.1 Å². The molecule has 78 valence electrons. The van der Waals surface area contributed by atoms with Gasteiger partial charge in [0.05, 0.1) is 12.0 Å². The molecule has 1 aliphatic rings. The first kappa shape index (κ1) is 9.96. The van der Waals surface area contributed by atoms with Gasteiger partial charge in [0.1, 0.15) is 0 Å². The van der Waals surface area contributed by atoms with Gasteiger partial charge in [-0.15, -0.1) is 0 Å². The molecule has 0 bridgehead atoms. The second-order valence-electron chi connectivity index (χ2n) is 3.62. The summed E-state index contributed by atoms with van der Waals surface area (Å²) in [6.07, 6.45) is 1.76. The molecule has 1 fully saturated rings. The van der Waals surface area contributed by atoms with E-state index < -0.39 is 0 Å². The molecule has 2 rings (SSSR count). The molecule has 2 heterocycles. The fourth-order valence-corrected chi connectivity index (χ4v) is 1.92. The maximum atomic E-state index is 5.99. The Morgan fingerprint density at radius 3 is 2.79 bits per heavy atom. The highest BCUT2D eigenvalue weighted by atomic mass is 35.5. The number of aromatic nitrogens is 2. The van der Waals surface area contributed by atoms with Crippen molar-refractivity contribution in [2.75, 3.05) is 26.2 Å². The van der Waals surface area contributed by atoms with E-state index in [1.165, 1.54) is 0 Å². The third kappa shape index (κ3) is 2.08. The first-order valence-electron chi connectivity index (χ1n) is 4.86. The van der Waals surface area contributed by atoms with Crippen LogP contribution in [0.5, 0.6) is 0 Å². The highest BCUT2D eigenvalue weighted by Crippen LogP contribution is 2.14. The number of piperazine rings is 1. The van der Waals surface area contributed by atoms with E-state index in [2.05, 4.69) is 15.2 Å². The van der Waals surface area contributed by atoms with Crippen molar-refractivity contribution in [2.24, 2.45) is 7.05 Å². The van der Waals surface area contributed by atoms with Crippen molar-refractivity contribution in [3.8, 4) is 0 Å². The van der Waals surface area contributed by atoms with Gasteiger partial charge in [0, 0.05) is 39.8 Å². The van der Waals surface area contributed by atoms with Crippen LogP contribution < -0.4 is 5.32 Å². The summed E-state index contributed by atoms with van der Waals surface area (Å²) in [6.45, 7) is 5.20. The minimum absolute atomic E-state index is 0.631. The van der Waals surface area contributed by atoms with Gasteiger partial charge in [0.15, 0.2) is 5.15 Å². The summed E-state index contributed by atoms with van der Waals surface area (Å²) in [4.78, 5) is 6.46. The van der Waals surface area contributed by atoms with Crippen molar-refractivity contribution >= 4 is 11.6 Å². The Hall–Kier alpha value is -0.580. The van der Waals surface area contributed by atoms with Crippen LogP contribution in [0, 0.1) is 0 Å². The summed E-state index contributed by atoms with van der Waals surface area (Å²) in [5.74, 6) is 0. The molecule has 1 N–H and O–H groups in total. The first-order valence-corrected chi connectivity index (χ1v) is 5.24. The van der Waals surface area contributed by atoms with Crippen molar-refractivity contribution in [3.63, 3.8) is 0 Å². The number of halogens is 1. The number of nitrogens with zero attached hydrogens (tertiary/aromatic N) is 3. The number of rotatable bonds is 2. The molecule has 14 heavy (non-hydrogen) atoms. The van der Waals surface area contributed by atoms with Gasteiger partial charge in [-0.3, -0.25) is 4.90 Å². The van der Waals surface area contributed by atoms with Crippen LogP contribution in [0.4, 0.5) is 0 Å². The lowest BCUT2D eigenvalue weighted by Crippen LogP contribution is -2.43. The van der Waals surface area contributed by atoms with E-state index in [-0.39, 0.29) is 0 Å². The van der Waals surface area contributed by atoms with Crippen LogP contribution in [-0.4, -0.2) is 40.6 Å². The van der Waals surface area contributed by atoms with Gasteiger partial charge in [0.25, 0.3) is 0 Å². The molecule has 1 aromatic rings. The average Bonchev–Trinajstić information content (AvgIpc) is 2.51. The highest BCUT2D eigenvalue weighted by Gasteiger charge is 2.14. The molecule has 0 aliphatic carbocycles. The summed E-state index contributed by atoms with van der Waals surface area (Å²) in [5, 5.41) is 3.96. The molecular weight excluding hydrogens is 200 g/mol. The summed E-state index contributed by atoms with van der Waals surface area (Å²) in [6, 6.07) is 0. The zero-order valence-electron chi connectivity index (χ0n) is 8.33. The van der Waals surface area contributed by atoms with E-state index in [1.54, 1.807) is 6.33 Å². The molecule has 0 spiro atoms. The van der Waals surface area contributed by atoms with Gasteiger partial charge in [-0.2, -0.15) is 0 Å². The zero-order chi connectivity index (χ0) is 9.97. The third-order valence-electron chi connectivity index (χ3n) is 2.59. The van der Waals surface area contributed by atoms with Crippen molar-refractivity contribution in [3.05, 3.63) is 17.2 Å². The highest BCUT2D eigenvalue weighted by molar-refractivity contribution is 6.30. The van der Waals surface area contributed by atoms with Crippen LogP contribution in [0.1, 0.15) is 5.69 Å². The van der Waals surface area contributed by atoms with Gasteiger partial charge in [0.2, 0.25) is 0 Å². The number of nitrogens with one attached hydrogen (secondary N) is 1. The Bertz CT molecular complexity index is 284. The van der Waals surface area contributed by atoms with Gasteiger partial charge < -0.3 is 9.88 Å². The zero-order valence-corrected chi connectivity index (χ0v) is 9.09. The molecule has 5 heteroatoms. The molecule has 0 saturated carbocycles. The van der Waals surface area contributed by atoms with Crippen LogP contribution in [0.25, 0.3) is 0 Å². The third-order valence-corrected chi connectivity index (χ3v) is 2.91. The smallest absolute Gasteiger partial charge is 0.151 e. The largest absolute Gasteiger partial charge is 0.335 e. The van der Waals surface area contributed by atoms with E-state index in [0.717, 1.165) is 38.4 Å². The molecule has 1 aromatic heterocycles. The summed E-state index contributed by atoms with van der Waals surface area (Å²) in [7, 11) is 1.98. The standard InChI is InChI=1S/C9H15ClN4/c1-13-7-12-9(10)8(13)6-14-4-2-11-3-5-14/h7,11H,2-6H2,1H3. The molecule has 0 unspecified atom stereocenters. The molecule has 4 nitrogen and oxygen atoms in total. The quantitative estimate of drug-likeness (QED) is 0.778. The van der Waals surface area contributed by atoms with Crippen molar-refractivity contribution in [1.82, 2.24) is 19.8 Å². The Balaban J connectivity index is 2.02. The predicted octanol–water partition coefficient (Wildman–Crippen LogP) is 0.479. The Kier molecular flexibility index (Phi) is 3.05. The van der Waals surface area contributed by atoms with E-state index in [4.69, 9.17) is 11.6 Å². The minimum Gasteiger partial charge on any atom is -0.335 e. The van der Waals surface area contributed by atoms with Crippen LogP contribution in [0.3, 0.4) is 0 Å². The monoisotopic (exact) mass is 214 g/mol. The second-order valence-corrected chi connectivity index (χ2v) is 3.98. The summed E-state index contributed by atoms with van der Waals surface area (Å²) in [5.41, 5.74) is 1.11.